The van der Waals surface area contributed by atoms with Crippen LogP contribution in [0.25, 0.3) is 0 Å². The van der Waals surface area contributed by atoms with Gasteiger partial charge in [-0.05, 0) is 53.4 Å². The predicted molar refractivity (Wildman–Crippen MR) is 77.3 cm³/mol. The summed E-state index contributed by atoms with van der Waals surface area (Å²) >= 11 is 3.35. The van der Waals surface area contributed by atoms with Crippen LogP contribution >= 0.6 is 15.9 Å². The number of nitrogens with two attached hydrogens (primary N) is 1. The molecule has 0 saturated carbocycles. The number of nitrogens with zero attached hydrogens (tertiary/aromatic N) is 1. The summed E-state index contributed by atoms with van der Waals surface area (Å²) in [6, 6.07) is 3.67. The van der Waals surface area contributed by atoms with E-state index in [1.165, 1.54) is 0 Å². The molecule has 1 rings (SSSR count). The SMILES string of the molecule is CCC(CCN)CCC(=O)Nc1ncccc1Br. The van der Waals surface area contributed by atoms with Gasteiger partial charge in [0.2, 0.25) is 5.91 Å². The molecule has 0 bridgehead atoms. The van der Waals surface area contributed by atoms with Gasteiger partial charge in [-0.15, -0.1) is 0 Å². The Labute approximate surface area is 116 Å². The van der Waals surface area contributed by atoms with Crippen molar-refractivity contribution in [3.63, 3.8) is 0 Å². The van der Waals surface area contributed by atoms with Gasteiger partial charge in [0.15, 0.2) is 0 Å². The first-order valence-corrected chi connectivity index (χ1v) is 7.07. The topological polar surface area (TPSA) is 68.0 Å². The molecule has 100 valence electrons. The number of aromatic nitrogens is 1. The van der Waals surface area contributed by atoms with E-state index in [1.807, 2.05) is 12.1 Å². The predicted octanol–water partition coefficient (Wildman–Crippen LogP) is 2.94. The van der Waals surface area contributed by atoms with Crippen LogP contribution in [0.3, 0.4) is 0 Å². The first-order chi connectivity index (χ1) is 8.67. The van der Waals surface area contributed by atoms with Crippen LogP contribution in [0.2, 0.25) is 0 Å². The zero-order valence-electron chi connectivity index (χ0n) is 10.7. The van der Waals surface area contributed by atoms with Gasteiger partial charge in [-0.2, -0.15) is 0 Å². The molecule has 0 saturated heterocycles. The standard InChI is InChI=1S/C13H20BrN3O/c1-2-10(7-8-15)5-6-12(18)17-13-11(14)4-3-9-16-13/h3-4,9-10H,2,5-8,15H2,1H3,(H,16,17,18). The molecular weight excluding hydrogens is 294 g/mol. The van der Waals surface area contributed by atoms with Crippen LogP contribution in [-0.2, 0) is 4.79 Å². The largest absolute Gasteiger partial charge is 0.330 e. The maximum atomic E-state index is 11.8. The second kappa shape index (κ2) is 8.21. The van der Waals surface area contributed by atoms with Gasteiger partial charge in [-0.3, -0.25) is 4.79 Å². The van der Waals surface area contributed by atoms with Crippen LogP contribution in [-0.4, -0.2) is 17.4 Å². The van der Waals surface area contributed by atoms with E-state index in [-0.39, 0.29) is 5.91 Å². The van der Waals surface area contributed by atoms with Gasteiger partial charge in [0, 0.05) is 12.6 Å². The summed E-state index contributed by atoms with van der Waals surface area (Å²) in [5, 5.41) is 2.80. The molecule has 1 heterocycles. The average Bonchev–Trinajstić information content (AvgIpc) is 2.37. The van der Waals surface area contributed by atoms with E-state index in [2.05, 4.69) is 33.2 Å². The minimum atomic E-state index is 0.00451. The Balaban J connectivity index is 2.40. The number of pyridine rings is 1. The molecule has 1 aromatic rings. The number of carbonyl (C=O) groups excluding carboxylic acids is 1. The molecule has 0 aromatic carbocycles. The van der Waals surface area contributed by atoms with E-state index >= 15 is 0 Å². The molecule has 1 amide bonds. The molecule has 1 atom stereocenters. The van der Waals surface area contributed by atoms with Crippen molar-refractivity contribution in [2.24, 2.45) is 11.7 Å². The van der Waals surface area contributed by atoms with E-state index in [9.17, 15) is 4.79 Å². The second-order valence-electron chi connectivity index (χ2n) is 4.27. The molecule has 0 aliphatic heterocycles. The Kier molecular flexibility index (Phi) is 6.90. The van der Waals surface area contributed by atoms with Gasteiger partial charge in [-0.1, -0.05) is 13.3 Å². The van der Waals surface area contributed by atoms with Crippen molar-refractivity contribution < 1.29 is 4.79 Å². The van der Waals surface area contributed by atoms with E-state index in [0.29, 0.717) is 24.7 Å². The number of amides is 1. The van der Waals surface area contributed by atoms with Gasteiger partial charge in [-0.25, -0.2) is 4.98 Å². The van der Waals surface area contributed by atoms with Crippen LogP contribution in [0.15, 0.2) is 22.8 Å². The number of halogens is 1. The van der Waals surface area contributed by atoms with E-state index in [4.69, 9.17) is 5.73 Å². The molecule has 0 aliphatic carbocycles. The summed E-state index contributed by atoms with van der Waals surface area (Å²) in [6.07, 6.45) is 5.10. The molecule has 1 aromatic heterocycles. The highest BCUT2D eigenvalue weighted by molar-refractivity contribution is 9.10. The molecule has 5 heteroatoms. The highest BCUT2D eigenvalue weighted by atomic mass is 79.9. The Morgan fingerprint density at radius 1 is 1.56 bits per heavy atom. The lowest BCUT2D eigenvalue weighted by molar-refractivity contribution is -0.116. The molecule has 0 aliphatic rings. The summed E-state index contributed by atoms with van der Waals surface area (Å²) in [5.41, 5.74) is 5.54. The van der Waals surface area contributed by atoms with Crippen LogP contribution in [0.5, 0.6) is 0 Å². The highest BCUT2D eigenvalue weighted by Gasteiger charge is 2.10. The third kappa shape index (κ3) is 5.14. The number of anilines is 1. The molecule has 4 nitrogen and oxygen atoms in total. The fraction of sp³-hybridized carbons (Fsp3) is 0.538. The molecule has 3 N–H and O–H groups in total. The normalized spacial score (nSPS) is 12.2. The lowest BCUT2D eigenvalue weighted by Crippen LogP contribution is -2.15. The summed E-state index contributed by atoms with van der Waals surface area (Å²) in [6.45, 7) is 2.82. The summed E-state index contributed by atoms with van der Waals surface area (Å²) in [4.78, 5) is 15.9. The van der Waals surface area contributed by atoms with Gasteiger partial charge < -0.3 is 11.1 Å². The number of nitrogens with one attached hydrogen (secondary N) is 1. The summed E-state index contributed by atoms with van der Waals surface area (Å²) < 4.78 is 0.798. The van der Waals surface area contributed by atoms with Gasteiger partial charge in [0.05, 0.1) is 4.47 Å². The molecule has 0 spiro atoms. The Morgan fingerprint density at radius 3 is 2.94 bits per heavy atom. The van der Waals surface area contributed by atoms with E-state index in [1.54, 1.807) is 6.20 Å². The maximum absolute atomic E-state index is 11.8. The number of hydrogen-bond acceptors (Lipinski definition) is 3. The minimum Gasteiger partial charge on any atom is -0.330 e. The smallest absolute Gasteiger partial charge is 0.225 e. The van der Waals surface area contributed by atoms with Crippen molar-refractivity contribution in [2.75, 3.05) is 11.9 Å². The fourth-order valence-electron chi connectivity index (χ4n) is 1.80. The van der Waals surface area contributed by atoms with Crippen LogP contribution in [0.4, 0.5) is 5.82 Å². The Morgan fingerprint density at radius 2 is 2.33 bits per heavy atom. The minimum absolute atomic E-state index is 0.00451. The van der Waals surface area contributed by atoms with Crippen LogP contribution < -0.4 is 11.1 Å². The van der Waals surface area contributed by atoms with E-state index in [0.717, 1.165) is 23.7 Å². The molecule has 0 radical (unpaired) electrons. The molecule has 1 unspecified atom stereocenters. The summed E-state index contributed by atoms with van der Waals surface area (Å²) in [7, 11) is 0. The zero-order chi connectivity index (χ0) is 13.4. The molecular formula is C13H20BrN3O. The average molecular weight is 314 g/mol. The first kappa shape index (κ1) is 15.1. The Hall–Kier alpha value is -0.940. The van der Waals surface area contributed by atoms with Crippen molar-refractivity contribution >= 4 is 27.7 Å². The third-order valence-corrected chi connectivity index (χ3v) is 3.59. The Bertz CT molecular complexity index is 384. The van der Waals surface area contributed by atoms with Crippen molar-refractivity contribution in [1.29, 1.82) is 0 Å². The zero-order valence-corrected chi connectivity index (χ0v) is 12.2. The van der Waals surface area contributed by atoms with Gasteiger partial charge >= 0.3 is 0 Å². The monoisotopic (exact) mass is 313 g/mol. The molecule has 0 fully saturated rings. The van der Waals surface area contributed by atoms with Crippen molar-refractivity contribution in [3.8, 4) is 0 Å². The quantitative estimate of drug-likeness (QED) is 0.813. The lowest BCUT2D eigenvalue weighted by Gasteiger charge is -2.13. The number of carbonyl (C=O) groups is 1. The fourth-order valence-corrected chi connectivity index (χ4v) is 2.15. The van der Waals surface area contributed by atoms with Crippen molar-refractivity contribution in [2.45, 2.75) is 32.6 Å². The first-order valence-electron chi connectivity index (χ1n) is 6.27. The molecule has 18 heavy (non-hydrogen) atoms. The van der Waals surface area contributed by atoms with Crippen LogP contribution in [0.1, 0.15) is 32.6 Å². The number of rotatable bonds is 7. The van der Waals surface area contributed by atoms with Gasteiger partial charge in [0.25, 0.3) is 0 Å². The van der Waals surface area contributed by atoms with Gasteiger partial charge in [0.1, 0.15) is 5.82 Å². The summed E-state index contributed by atoms with van der Waals surface area (Å²) in [5.74, 6) is 1.12. The highest BCUT2D eigenvalue weighted by Crippen LogP contribution is 2.19. The van der Waals surface area contributed by atoms with E-state index < -0.39 is 0 Å². The van der Waals surface area contributed by atoms with Crippen LogP contribution in [0, 0.1) is 5.92 Å². The van der Waals surface area contributed by atoms with Crippen molar-refractivity contribution in [3.05, 3.63) is 22.8 Å². The van der Waals surface area contributed by atoms with Crippen molar-refractivity contribution in [1.82, 2.24) is 4.98 Å². The second-order valence-corrected chi connectivity index (χ2v) is 5.13. The lowest BCUT2D eigenvalue weighted by atomic mass is 9.96. The number of hydrogen-bond donors (Lipinski definition) is 2. The third-order valence-electron chi connectivity index (χ3n) is 2.95. The maximum Gasteiger partial charge on any atom is 0.225 e.